The number of hydrogen-bond donors (Lipinski definition) is 0. The number of aromatic nitrogens is 1. The lowest BCUT2D eigenvalue weighted by molar-refractivity contribution is -0.143. The number of carbonyl (C=O) groups is 2. The SMILES string of the molecule is CCOC(=O)C1=C(C)N=c2s/c(=C\c3cc(Cl)c(OCc4ccc(C)cc4)c(Br)c3)c(=O)n2[C@@H]1c1ccc(OCC(=O)OC)c(OCC)c1. The Hall–Kier alpha value is -4.39. The summed E-state index contributed by atoms with van der Waals surface area (Å²) in [5.41, 5.74) is 3.65. The van der Waals surface area contributed by atoms with Crippen LogP contribution in [0.4, 0.5) is 0 Å². The van der Waals surface area contributed by atoms with Crippen LogP contribution in [-0.2, 0) is 25.7 Å². The number of allylic oxidation sites excluding steroid dienone is 1. The van der Waals surface area contributed by atoms with E-state index < -0.39 is 18.0 Å². The minimum atomic E-state index is -0.890. The maximum absolute atomic E-state index is 14.2. The number of nitrogens with zero attached hydrogens (tertiary/aromatic N) is 2. The fourth-order valence-corrected chi connectivity index (χ4v) is 7.21. The van der Waals surface area contributed by atoms with Crippen LogP contribution in [0.15, 0.2) is 80.1 Å². The predicted molar refractivity (Wildman–Crippen MR) is 190 cm³/mol. The highest BCUT2D eigenvalue weighted by Crippen LogP contribution is 2.37. The van der Waals surface area contributed by atoms with Crippen molar-refractivity contribution in [1.82, 2.24) is 4.57 Å². The summed E-state index contributed by atoms with van der Waals surface area (Å²) in [6.45, 7) is 7.70. The van der Waals surface area contributed by atoms with E-state index in [1.165, 1.54) is 23.0 Å². The first-order valence-corrected chi connectivity index (χ1v) is 17.4. The van der Waals surface area contributed by atoms with Crippen molar-refractivity contribution in [1.29, 1.82) is 0 Å². The molecule has 0 unspecified atom stereocenters. The molecule has 0 fully saturated rings. The highest BCUT2D eigenvalue weighted by Gasteiger charge is 2.34. The van der Waals surface area contributed by atoms with Gasteiger partial charge in [-0.25, -0.2) is 14.6 Å². The van der Waals surface area contributed by atoms with E-state index in [1.807, 2.05) is 37.3 Å². The molecule has 1 atom stereocenters. The van der Waals surface area contributed by atoms with Gasteiger partial charge in [0, 0.05) is 0 Å². The fraction of sp³-hybridized carbons (Fsp3) is 0.278. The van der Waals surface area contributed by atoms with Crippen LogP contribution in [0.5, 0.6) is 17.2 Å². The standard InChI is InChI=1S/C36H34BrClN2O8S/c1-6-45-28-17-24(12-13-27(28)47-19-30(41)44-5)32-31(35(43)46-7-2)21(4)39-36-40(32)34(42)29(49-36)16-23-14-25(37)33(26(38)15-23)48-18-22-10-8-20(3)9-11-22/h8-17,32H,6-7,18-19H2,1-5H3/b29-16-/t32-/m1/s1. The summed E-state index contributed by atoms with van der Waals surface area (Å²) in [5.74, 6) is -0.0354. The van der Waals surface area contributed by atoms with Crippen molar-refractivity contribution in [3.63, 3.8) is 0 Å². The van der Waals surface area contributed by atoms with E-state index in [-0.39, 0.29) is 24.3 Å². The Labute approximate surface area is 300 Å². The Kier molecular flexibility index (Phi) is 11.6. The summed E-state index contributed by atoms with van der Waals surface area (Å²) in [7, 11) is 1.27. The summed E-state index contributed by atoms with van der Waals surface area (Å²) in [4.78, 5) is 44.3. The molecular formula is C36H34BrClN2O8S. The molecule has 1 aliphatic rings. The normalized spacial score (nSPS) is 14.2. The molecule has 0 saturated carbocycles. The molecule has 5 rings (SSSR count). The van der Waals surface area contributed by atoms with E-state index in [0.29, 0.717) is 66.1 Å². The molecule has 0 aliphatic carbocycles. The molecule has 2 heterocycles. The zero-order chi connectivity index (χ0) is 35.2. The van der Waals surface area contributed by atoms with Crippen molar-refractivity contribution < 1.29 is 33.3 Å². The van der Waals surface area contributed by atoms with Gasteiger partial charge in [-0.2, -0.15) is 0 Å². The smallest absolute Gasteiger partial charge is 0.343 e. The molecule has 0 amide bonds. The molecule has 10 nitrogen and oxygen atoms in total. The fourth-order valence-electron chi connectivity index (χ4n) is 5.18. The van der Waals surface area contributed by atoms with Crippen molar-refractivity contribution in [3.8, 4) is 17.2 Å². The second-order valence-corrected chi connectivity index (χ2v) is 13.2. The van der Waals surface area contributed by atoms with Gasteiger partial charge in [-0.3, -0.25) is 9.36 Å². The van der Waals surface area contributed by atoms with Gasteiger partial charge in [0.05, 0.1) is 51.7 Å². The number of hydrogen-bond acceptors (Lipinski definition) is 10. The highest BCUT2D eigenvalue weighted by molar-refractivity contribution is 9.10. The lowest BCUT2D eigenvalue weighted by Crippen LogP contribution is -2.40. The molecule has 0 radical (unpaired) electrons. The van der Waals surface area contributed by atoms with Crippen LogP contribution in [0, 0.1) is 6.92 Å². The first-order valence-electron chi connectivity index (χ1n) is 15.4. The summed E-state index contributed by atoms with van der Waals surface area (Å²) in [6.07, 6.45) is 1.72. The average molecular weight is 770 g/mol. The third-order valence-electron chi connectivity index (χ3n) is 7.50. The van der Waals surface area contributed by atoms with Crippen molar-refractivity contribution in [2.24, 2.45) is 4.99 Å². The number of esters is 2. The Morgan fingerprint density at radius 1 is 1.00 bits per heavy atom. The summed E-state index contributed by atoms with van der Waals surface area (Å²) in [6, 6.07) is 15.7. The van der Waals surface area contributed by atoms with E-state index >= 15 is 0 Å². The quantitative estimate of drug-likeness (QED) is 0.160. The molecule has 3 aromatic carbocycles. The maximum Gasteiger partial charge on any atom is 0.343 e. The maximum atomic E-state index is 14.2. The van der Waals surface area contributed by atoms with Gasteiger partial charge >= 0.3 is 11.9 Å². The molecule has 1 aliphatic heterocycles. The lowest BCUT2D eigenvalue weighted by atomic mass is 9.95. The topological polar surface area (TPSA) is 115 Å². The molecule has 0 spiro atoms. The Morgan fingerprint density at radius 2 is 1.76 bits per heavy atom. The zero-order valence-electron chi connectivity index (χ0n) is 27.5. The lowest BCUT2D eigenvalue weighted by Gasteiger charge is -2.25. The minimum absolute atomic E-state index is 0.137. The molecular weight excluding hydrogens is 736 g/mol. The second kappa shape index (κ2) is 15.9. The van der Waals surface area contributed by atoms with Crippen LogP contribution >= 0.6 is 38.9 Å². The molecule has 0 saturated heterocycles. The molecule has 49 heavy (non-hydrogen) atoms. The number of aryl methyl sites for hydroxylation is 1. The highest BCUT2D eigenvalue weighted by atomic mass is 79.9. The third kappa shape index (κ3) is 8.09. The van der Waals surface area contributed by atoms with Gasteiger partial charge in [0.25, 0.3) is 5.56 Å². The number of fused-ring (bicyclic) bond motifs is 1. The van der Waals surface area contributed by atoms with Gasteiger partial charge in [0.2, 0.25) is 0 Å². The van der Waals surface area contributed by atoms with Gasteiger partial charge in [0.15, 0.2) is 28.7 Å². The van der Waals surface area contributed by atoms with E-state index in [2.05, 4.69) is 25.7 Å². The second-order valence-electron chi connectivity index (χ2n) is 10.9. The van der Waals surface area contributed by atoms with E-state index in [4.69, 9.17) is 30.5 Å². The third-order valence-corrected chi connectivity index (χ3v) is 9.35. The van der Waals surface area contributed by atoms with E-state index in [9.17, 15) is 14.4 Å². The Bertz CT molecular complexity index is 2080. The van der Waals surface area contributed by atoms with E-state index in [0.717, 1.165) is 11.1 Å². The molecule has 4 aromatic rings. The summed E-state index contributed by atoms with van der Waals surface area (Å²) in [5, 5.41) is 0.372. The number of rotatable bonds is 12. The molecule has 13 heteroatoms. The van der Waals surface area contributed by atoms with Crippen LogP contribution in [0.2, 0.25) is 5.02 Å². The Balaban J connectivity index is 1.56. The predicted octanol–water partition coefficient (Wildman–Crippen LogP) is 6.05. The number of halogens is 2. The number of carbonyl (C=O) groups excluding carboxylic acids is 2. The van der Waals surface area contributed by atoms with E-state index in [1.54, 1.807) is 51.1 Å². The first kappa shape index (κ1) is 35.9. The molecule has 0 bridgehead atoms. The first-order chi connectivity index (χ1) is 23.5. The number of benzene rings is 3. The van der Waals surface area contributed by atoms with Gasteiger partial charge in [-0.15, -0.1) is 0 Å². The van der Waals surface area contributed by atoms with Gasteiger partial charge in [-0.05, 0) is 90.7 Å². The van der Waals surface area contributed by atoms with Crippen molar-refractivity contribution in [2.75, 3.05) is 26.9 Å². The number of methoxy groups -OCH3 is 1. The van der Waals surface area contributed by atoms with Crippen LogP contribution in [0.3, 0.4) is 0 Å². The van der Waals surface area contributed by atoms with Crippen molar-refractivity contribution >= 4 is 56.9 Å². The van der Waals surface area contributed by atoms with Crippen molar-refractivity contribution in [2.45, 2.75) is 40.3 Å². The van der Waals surface area contributed by atoms with Crippen molar-refractivity contribution in [3.05, 3.63) is 117 Å². The largest absolute Gasteiger partial charge is 0.490 e. The van der Waals surface area contributed by atoms with Gasteiger partial charge < -0.3 is 23.7 Å². The average Bonchev–Trinajstić information content (AvgIpc) is 3.37. The van der Waals surface area contributed by atoms with Crippen LogP contribution in [0.1, 0.15) is 49.1 Å². The minimum Gasteiger partial charge on any atom is -0.490 e. The number of ether oxygens (including phenoxy) is 5. The zero-order valence-corrected chi connectivity index (χ0v) is 30.7. The van der Waals surface area contributed by atoms with Crippen LogP contribution in [-0.4, -0.2) is 43.4 Å². The molecule has 1 aromatic heterocycles. The molecule has 0 N–H and O–H groups in total. The summed E-state index contributed by atoms with van der Waals surface area (Å²) >= 11 is 11.4. The van der Waals surface area contributed by atoms with Gasteiger partial charge in [-0.1, -0.05) is 58.8 Å². The molecule has 256 valence electrons. The number of thiazole rings is 1. The summed E-state index contributed by atoms with van der Waals surface area (Å²) < 4.78 is 30.1. The van der Waals surface area contributed by atoms with Crippen LogP contribution < -0.4 is 29.1 Å². The van der Waals surface area contributed by atoms with Crippen LogP contribution in [0.25, 0.3) is 6.08 Å². The van der Waals surface area contributed by atoms with Gasteiger partial charge in [0.1, 0.15) is 6.61 Å². The monoisotopic (exact) mass is 768 g/mol. The Morgan fingerprint density at radius 3 is 2.43 bits per heavy atom.